The average molecular weight is 289 g/mol. The van der Waals surface area contributed by atoms with Crippen molar-refractivity contribution in [3.63, 3.8) is 0 Å². The van der Waals surface area contributed by atoms with Gasteiger partial charge in [0.2, 0.25) is 0 Å². The van der Waals surface area contributed by atoms with Gasteiger partial charge in [-0.3, -0.25) is 0 Å². The first-order valence-electron chi connectivity index (χ1n) is 5.53. The number of thioether (sulfide) groups is 1. The SMILES string of the molecule is CSC(=Nc1ccc(Cl)c(Cl)c1)N1CCCC1. The molecule has 1 heterocycles. The maximum absolute atomic E-state index is 5.98. The largest absolute Gasteiger partial charge is 0.351 e. The van der Waals surface area contributed by atoms with E-state index in [0.29, 0.717) is 10.0 Å². The second kappa shape index (κ2) is 5.98. The lowest BCUT2D eigenvalue weighted by molar-refractivity contribution is 0.530. The summed E-state index contributed by atoms with van der Waals surface area (Å²) in [6, 6.07) is 5.47. The predicted octanol–water partition coefficient (Wildman–Crippen LogP) is 4.44. The number of hydrogen-bond donors (Lipinski definition) is 0. The second-order valence-electron chi connectivity index (χ2n) is 3.89. The van der Waals surface area contributed by atoms with Crippen LogP contribution in [0.2, 0.25) is 10.0 Å². The smallest absolute Gasteiger partial charge is 0.164 e. The fraction of sp³-hybridized carbons (Fsp3) is 0.417. The molecule has 0 spiro atoms. The fourth-order valence-corrected chi connectivity index (χ4v) is 2.75. The number of rotatable bonds is 1. The molecule has 0 saturated carbocycles. The highest BCUT2D eigenvalue weighted by atomic mass is 35.5. The van der Waals surface area contributed by atoms with E-state index in [9.17, 15) is 0 Å². The normalized spacial score (nSPS) is 16.6. The molecule has 1 aromatic carbocycles. The lowest BCUT2D eigenvalue weighted by Crippen LogP contribution is -2.24. The van der Waals surface area contributed by atoms with Crippen LogP contribution in [-0.4, -0.2) is 29.4 Å². The van der Waals surface area contributed by atoms with E-state index in [-0.39, 0.29) is 0 Å². The minimum absolute atomic E-state index is 0.551. The molecule has 2 nitrogen and oxygen atoms in total. The van der Waals surface area contributed by atoms with Gasteiger partial charge in [-0.2, -0.15) is 0 Å². The van der Waals surface area contributed by atoms with Crippen LogP contribution in [0, 0.1) is 0 Å². The van der Waals surface area contributed by atoms with Crippen molar-refractivity contribution in [2.24, 2.45) is 4.99 Å². The summed E-state index contributed by atoms with van der Waals surface area (Å²) in [5.41, 5.74) is 0.857. The van der Waals surface area contributed by atoms with Crippen LogP contribution in [0.25, 0.3) is 0 Å². The van der Waals surface area contributed by atoms with Crippen molar-refractivity contribution < 1.29 is 0 Å². The Labute approximate surface area is 116 Å². The molecule has 0 atom stereocenters. The third kappa shape index (κ3) is 3.30. The standard InChI is InChI=1S/C12H14Cl2N2S/c1-17-12(16-6-2-3-7-16)15-9-4-5-10(13)11(14)8-9/h4-5,8H,2-3,6-7H2,1H3. The lowest BCUT2D eigenvalue weighted by atomic mass is 10.3. The first-order valence-corrected chi connectivity index (χ1v) is 7.51. The van der Waals surface area contributed by atoms with E-state index in [1.807, 2.05) is 6.07 Å². The van der Waals surface area contributed by atoms with Crippen molar-refractivity contribution in [1.82, 2.24) is 4.90 Å². The molecule has 1 aliphatic rings. The second-order valence-corrected chi connectivity index (χ2v) is 5.48. The molecule has 1 fully saturated rings. The number of hydrogen-bond acceptors (Lipinski definition) is 2. The van der Waals surface area contributed by atoms with Crippen LogP contribution in [0.1, 0.15) is 12.8 Å². The Kier molecular flexibility index (Phi) is 4.60. The van der Waals surface area contributed by atoms with Crippen molar-refractivity contribution in [2.75, 3.05) is 19.3 Å². The van der Waals surface area contributed by atoms with Crippen LogP contribution >= 0.6 is 35.0 Å². The lowest BCUT2D eigenvalue weighted by Gasteiger charge is -2.17. The van der Waals surface area contributed by atoms with E-state index in [1.54, 1.807) is 23.9 Å². The maximum atomic E-state index is 5.98. The van der Waals surface area contributed by atoms with Gasteiger partial charge in [-0.1, -0.05) is 35.0 Å². The summed E-state index contributed by atoms with van der Waals surface area (Å²) in [6.45, 7) is 2.20. The number of benzene rings is 1. The molecule has 0 bridgehead atoms. The molecule has 0 radical (unpaired) electrons. The third-order valence-corrected chi connectivity index (χ3v) is 4.14. The molecule has 5 heteroatoms. The summed E-state index contributed by atoms with van der Waals surface area (Å²) in [6.07, 6.45) is 4.55. The topological polar surface area (TPSA) is 15.6 Å². The Morgan fingerprint density at radius 1 is 1.24 bits per heavy atom. The van der Waals surface area contributed by atoms with Gasteiger partial charge in [-0.15, -0.1) is 0 Å². The number of halogens is 2. The van der Waals surface area contributed by atoms with Gasteiger partial charge in [-0.05, 0) is 37.3 Å². The van der Waals surface area contributed by atoms with Crippen molar-refractivity contribution in [2.45, 2.75) is 12.8 Å². The van der Waals surface area contributed by atoms with Crippen LogP contribution in [0.3, 0.4) is 0 Å². The average Bonchev–Trinajstić information content (AvgIpc) is 2.84. The van der Waals surface area contributed by atoms with Crippen LogP contribution in [0.15, 0.2) is 23.2 Å². The summed E-state index contributed by atoms with van der Waals surface area (Å²) in [5, 5.41) is 2.17. The van der Waals surface area contributed by atoms with Crippen molar-refractivity contribution >= 4 is 45.8 Å². The quantitative estimate of drug-likeness (QED) is 0.561. The number of likely N-dealkylation sites (tertiary alicyclic amines) is 1. The zero-order valence-corrected chi connectivity index (χ0v) is 11.9. The highest BCUT2D eigenvalue weighted by Crippen LogP contribution is 2.28. The van der Waals surface area contributed by atoms with Crippen molar-refractivity contribution in [3.8, 4) is 0 Å². The first-order chi connectivity index (χ1) is 8.20. The van der Waals surface area contributed by atoms with Gasteiger partial charge in [0.05, 0.1) is 15.7 Å². The Morgan fingerprint density at radius 3 is 2.53 bits per heavy atom. The molecule has 0 unspecified atom stereocenters. The van der Waals surface area contributed by atoms with Crippen LogP contribution in [-0.2, 0) is 0 Å². The number of aliphatic imine (C=N–C) groups is 1. The Hall–Kier alpha value is -0.380. The molecule has 1 saturated heterocycles. The number of nitrogens with zero attached hydrogens (tertiary/aromatic N) is 2. The van der Waals surface area contributed by atoms with Gasteiger partial charge in [0.25, 0.3) is 0 Å². The van der Waals surface area contributed by atoms with Crippen LogP contribution < -0.4 is 0 Å². The van der Waals surface area contributed by atoms with Gasteiger partial charge < -0.3 is 4.90 Å². The summed E-state index contributed by atoms with van der Waals surface area (Å²) in [7, 11) is 0. The maximum Gasteiger partial charge on any atom is 0.164 e. The molecule has 0 aromatic heterocycles. The zero-order chi connectivity index (χ0) is 12.3. The van der Waals surface area contributed by atoms with E-state index >= 15 is 0 Å². The highest BCUT2D eigenvalue weighted by Gasteiger charge is 2.15. The van der Waals surface area contributed by atoms with Crippen LogP contribution in [0.4, 0.5) is 5.69 Å². The molecule has 92 valence electrons. The van der Waals surface area contributed by atoms with E-state index in [4.69, 9.17) is 23.2 Å². The van der Waals surface area contributed by atoms with Gasteiger partial charge in [-0.25, -0.2) is 4.99 Å². The van der Waals surface area contributed by atoms with E-state index < -0.39 is 0 Å². The molecular weight excluding hydrogens is 275 g/mol. The van der Waals surface area contributed by atoms with Gasteiger partial charge in [0.15, 0.2) is 5.17 Å². The summed E-state index contributed by atoms with van der Waals surface area (Å²) in [5.74, 6) is 0. The van der Waals surface area contributed by atoms with Crippen LogP contribution in [0.5, 0.6) is 0 Å². The van der Waals surface area contributed by atoms with Gasteiger partial charge in [0, 0.05) is 13.1 Å². The van der Waals surface area contributed by atoms with E-state index in [1.165, 1.54) is 12.8 Å². The third-order valence-electron chi connectivity index (χ3n) is 2.69. The number of amidine groups is 1. The molecule has 2 rings (SSSR count). The summed E-state index contributed by atoms with van der Waals surface area (Å²) in [4.78, 5) is 6.94. The molecule has 17 heavy (non-hydrogen) atoms. The summed E-state index contributed by atoms with van der Waals surface area (Å²) >= 11 is 13.5. The molecule has 1 aromatic rings. The monoisotopic (exact) mass is 288 g/mol. The Morgan fingerprint density at radius 2 is 1.94 bits per heavy atom. The fourth-order valence-electron chi connectivity index (χ4n) is 1.82. The molecule has 0 aliphatic carbocycles. The Balaban J connectivity index is 2.22. The van der Waals surface area contributed by atoms with Gasteiger partial charge in [0.1, 0.15) is 0 Å². The highest BCUT2D eigenvalue weighted by molar-refractivity contribution is 8.13. The first kappa shape index (κ1) is 13.1. The molecular formula is C12H14Cl2N2S. The van der Waals surface area contributed by atoms with Crippen molar-refractivity contribution in [3.05, 3.63) is 28.2 Å². The van der Waals surface area contributed by atoms with E-state index in [2.05, 4.69) is 16.1 Å². The minimum atomic E-state index is 0.551. The zero-order valence-electron chi connectivity index (χ0n) is 9.62. The molecule has 1 aliphatic heterocycles. The van der Waals surface area contributed by atoms with Crippen molar-refractivity contribution in [1.29, 1.82) is 0 Å². The minimum Gasteiger partial charge on any atom is -0.351 e. The molecule has 0 N–H and O–H groups in total. The Bertz CT molecular complexity index is 429. The summed E-state index contributed by atoms with van der Waals surface area (Å²) < 4.78 is 0. The van der Waals surface area contributed by atoms with E-state index in [0.717, 1.165) is 23.9 Å². The predicted molar refractivity (Wildman–Crippen MR) is 77.9 cm³/mol. The van der Waals surface area contributed by atoms with Gasteiger partial charge >= 0.3 is 0 Å². The molecule has 0 amide bonds.